The van der Waals surface area contributed by atoms with Crippen LogP contribution in [0.4, 0.5) is 0 Å². The molecule has 0 radical (unpaired) electrons. The van der Waals surface area contributed by atoms with Gasteiger partial charge < -0.3 is 14.2 Å². The number of benzene rings is 1. The van der Waals surface area contributed by atoms with E-state index in [1.54, 1.807) is 18.2 Å². The van der Waals surface area contributed by atoms with Gasteiger partial charge in [-0.1, -0.05) is 18.2 Å². The summed E-state index contributed by atoms with van der Waals surface area (Å²) in [7, 11) is -9.21. The Bertz CT molecular complexity index is 888. The molecule has 1 saturated heterocycles. The van der Waals surface area contributed by atoms with Gasteiger partial charge in [-0.05, 0) is 19.1 Å². The largest absolute Gasteiger partial charge is 1.00 e. The third kappa shape index (κ3) is 7.84. The summed E-state index contributed by atoms with van der Waals surface area (Å²) >= 11 is 0. The van der Waals surface area contributed by atoms with E-state index in [-0.39, 0.29) is 35.1 Å². The number of methoxy groups -OCH3 is 1. The maximum atomic E-state index is 12.3. The van der Waals surface area contributed by atoms with Crippen LogP contribution in [0, 0.1) is 0 Å². The number of hydrogen-bond donors (Lipinski definition) is 2. The molecule has 1 aromatic carbocycles. The predicted octanol–water partition coefficient (Wildman–Crippen LogP) is -3.02. The van der Waals surface area contributed by atoms with Crippen molar-refractivity contribution in [2.24, 2.45) is 0 Å². The molecular formula is C14H18NaO12S2+. The Hall–Kier alpha value is -0.650. The number of ether oxygens (including phenoxy) is 3. The SMILES string of the molecule is CO[C@@H]1O[C@@H](C)[C@@H](OC(=O)c2ccccc2)[C@H](OS(=O)(=O)O)[C@H]1OS(=O)(=O)O.[Na+]. The molecule has 158 valence electrons. The number of carbonyl (C=O) groups excluding carboxylic acids is 1. The van der Waals surface area contributed by atoms with E-state index >= 15 is 0 Å². The fraction of sp³-hybridized carbons (Fsp3) is 0.500. The van der Waals surface area contributed by atoms with Crippen LogP contribution in [0.15, 0.2) is 30.3 Å². The predicted molar refractivity (Wildman–Crippen MR) is 89.8 cm³/mol. The average Bonchev–Trinajstić information content (AvgIpc) is 2.58. The summed E-state index contributed by atoms with van der Waals surface area (Å²) in [6.45, 7) is 1.36. The Balaban J connectivity index is 0.00000420. The van der Waals surface area contributed by atoms with Crippen molar-refractivity contribution < 1.29 is 82.9 Å². The van der Waals surface area contributed by atoms with Crippen molar-refractivity contribution in [3.8, 4) is 0 Å². The first-order valence-electron chi connectivity index (χ1n) is 7.67. The zero-order valence-electron chi connectivity index (χ0n) is 15.6. The molecule has 0 amide bonds. The van der Waals surface area contributed by atoms with Gasteiger partial charge in [-0.25, -0.2) is 13.2 Å². The summed E-state index contributed by atoms with van der Waals surface area (Å²) in [6.07, 6.45) is -8.06. The van der Waals surface area contributed by atoms with E-state index in [1.807, 2.05) is 0 Å². The zero-order chi connectivity index (χ0) is 21.1. The summed E-state index contributed by atoms with van der Waals surface area (Å²) < 4.78 is 87.1. The van der Waals surface area contributed by atoms with Crippen LogP contribution < -0.4 is 29.6 Å². The van der Waals surface area contributed by atoms with Crippen molar-refractivity contribution >= 4 is 26.8 Å². The second-order valence-corrected chi connectivity index (χ2v) is 7.75. The first-order chi connectivity index (χ1) is 12.9. The van der Waals surface area contributed by atoms with Crippen LogP contribution in [0.3, 0.4) is 0 Å². The van der Waals surface area contributed by atoms with Crippen molar-refractivity contribution in [1.82, 2.24) is 0 Å². The fourth-order valence-electron chi connectivity index (χ4n) is 2.58. The first kappa shape index (κ1) is 26.4. The van der Waals surface area contributed by atoms with Gasteiger partial charge in [0.1, 0.15) is 0 Å². The van der Waals surface area contributed by atoms with Gasteiger partial charge in [0.15, 0.2) is 24.6 Å². The third-order valence-corrected chi connectivity index (χ3v) is 4.61. The molecule has 12 nitrogen and oxygen atoms in total. The van der Waals surface area contributed by atoms with Crippen molar-refractivity contribution in [1.29, 1.82) is 0 Å². The van der Waals surface area contributed by atoms with Gasteiger partial charge in [-0.15, -0.1) is 0 Å². The van der Waals surface area contributed by atoms with Crippen LogP contribution in [-0.2, 0) is 43.4 Å². The maximum Gasteiger partial charge on any atom is 1.00 e. The van der Waals surface area contributed by atoms with Crippen molar-refractivity contribution in [3.63, 3.8) is 0 Å². The molecule has 29 heavy (non-hydrogen) atoms. The monoisotopic (exact) mass is 465 g/mol. The zero-order valence-corrected chi connectivity index (χ0v) is 19.2. The van der Waals surface area contributed by atoms with E-state index in [0.29, 0.717) is 0 Å². The molecule has 1 aliphatic heterocycles. The molecule has 1 fully saturated rings. The summed E-state index contributed by atoms with van der Waals surface area (Å²) in [5.74, 6) is -0.911. The normalized spacial score (nSPS) is 27.7. The van der Waals surface area contributed by atoms with Gasteiger partial charge in [-0.3, -0.25) is 9.11 Å². The second kappa shape index (κ2) is 10.6. The molecule has 0 saturated carbocycles. The molecule has 0 spiro atoms. The molecule has 0 bridgehead atoms. The van der Waals surface area contributed by atoms with Crippen molar-refractivity contribution in [2.45, 2.75) is 37.6 Å². The Labute approximate surface area is 189 Å². The van der Waals surface area contributed by atoms with Gasteiger partial charge in [-0.2, -0.15) is 16.8 Å². The topological polar surface area (TPSA) is 172 Å². The Morgan fingerprint density at radius 1 is 0.966 bits per heavy atom. The van der Waals surface area contributed by atoms with Crippen LogP contribution in [0.1, 0.15) is 17.3 Å². The Morgan fingerprint density at radius 3 is 1.97 bits per heavy atom. The van der Waals surface area contributed by atoms with Gasteiger partial charge in [0.25, 0.3) is 0 Å². The molecule has 2 rings (SSSR count). The molecule has 5 atom stereocenters. The number of hydrogen-bond acceptors (Lipinski definition) is 10. The second-order valence-electron chi connectivity index (χ2n) is 5.66. The molecular weight excluding hydrogens is 447 g/mol. The smallest absolute Gasteiger partial charge is 0.453 e. The number of rotatable bonds is 7. The van der Waals surface area contributed by atoms with Crippen molar-refractivity contribution in [3.05, 3.63) is 35.9 Å². The Morgan fingerprint density at radius 2 is 1.48 bits per heavy atom. The molecule has 0 aliphatic carbocycles. The molecule has 0 unspecified atom stereocenters. The van der Waals surface area contributed by atoms with Crippen LogP contribution in [0.2, 0.25) is 0 Å². The quantitative estimate of drug-likeness (QED) is 0.238. The first-order valence-corrected chi connectivity index (χ1v) is 10.4. The molecule has 15 heteroatoms. The van der Waals surface area contributed by atoms with Gasteiger partial charge in [0.2, 0.25) is 0 Å². The summed E-state index contributed by atoms with van der Waals surface area (Å²) in [5.41, 5.74) is 0.0985. The minimum atomic E-state index is -5.16. The standard InChI is InChI=1S/C14H18O12S2.Na/c1-8-10(24-13(15)9-6-4-3-5-7-9)11(25-27(16,17)18)12(14(22-2)23-8)26-28(19,20)21;/h3-8,10-12,14H,1-2H3,(H,16,17,18)(H,19,20,21);/q;+1/t8-,10+,11-,12+,14+;/m0./s1. The van der Waals surface area contributed by atoms with Crippen LogP contribution in [-0.4, -0.2) is 69.7 Å². The van der Waals surface area contributed by atoms with Crippen LogP contribution in [0.25, 0.3) is 0 Å². The van der Waals surface area contributed by atoms with Crippen molar-refractivity contribution in [2.75, 3.05) is 7.11 Å². The van der Waals surface area contributed by atoms with E-state index in [4.69, 9.17) is 23.3 Å². The van der Waals surface area contributed by atoms with E-state index in [2.05, 4.69) is 8.37 Å². The fourth-order valence-corrected chi connectivity index (χ4v) is 3.57. The Kier molecular flexibility index (Phi) is 9.63. The van der Waals surface area contributed by atoms with E-state index in [1.165, 1.54) is 19.1 Å². The summed E-state index contributed by atoms with van der Waals surface area (Å²) in [4.78, 5) is 12.3. The molecule has 2 N–H and O–H groups in total. The molecule has 0 aromatic heterocycles. The average molecular weight is 465 g/mol. The van der Waals surface area contributed by atoms with E-state index in [0.717, 1.165) is 7.11 Å². The van der Waals surface area contributed by atoms with Gasteiger partial charge in [0, 0.05) is 7.11 Å². The molecule has 1 aromatic rings. The molecule has 1 aliphatic rings. The number of esters is 1. The minimum absolute atomic E-state index is 0. The van der Waals surface area contributed by atoms with E-state index in [9.17, 15) is 21.6 Å². The van der Waals surface area contributed by atoms with Crippen LogP contribution in [0.5, 0.6) is 0 Å². The van der Waals surface area contributed by atoms with Crippen LogP contribution >= 0.6 is 0 Å². The third-order valence-electron chi connectivity index (χ3n) is 3.68. The summed E-state index contributed by atoms with van der Waals surface area (Å²) in [5, 5.41) is 0. The maximum absolute atomic E-state index is 12.3. The van der Waals surface area contributed by atoms with E-state index < -0.39 is 57.5 Å². The minimum Gasteiger partial charge on any atom is -0.453 e. The van der Waals surface area contributed by atoms with Gasteiger partial charge >= 0.3 is 56.3 Å². The summed E-state index contributed by atoms with van der Waals surface area (Å²) in [6, 6.07) is 7.58. The number of carbonyl (C=O) groups is 1. The van der Waals surface area contributed by atoms with Gasteiger partial charge in [0.05, 0.1) is 11.7 Å². The molecule has 1 heterocycles.